The van der Waals surface area contributed by atoms with E-state index in [1.54, 1.807) is 7.11 Å². The first-order valence-electron chi connectivity index (χ1n) is 8.27. The van der Waals surface area contributed by atoms with Crippen LogP contribution in [0.5, 0.6) is 11.5 Å². The van der Waals surface area contributed by atoms with E-state index in [9.17, 15) is 4.79 Å². The molecule has 136 valence electrons. The smallest absolute Gasteiger partial charge is 0.263 e. The number of carbonyl (C=O) groups excluding carboxylic acids is 1. The SMILES string of the molecule is COc1ccc2c(Cl)c(C(=O)NCc3ccc(OC(C)C)cc3)sc2c1. The second-order valence-corrected chi connectivity index (χ2v) is 7.53. The van der Waals surface area contributed by atoms with Gasteiger partial charge in [0.2, 0.25) is 0 Å². The number of amides is 1. The van der Waals surface area contributed by atoms with Gasteiger partial charge in [0.05, 0.1) is 18.2 Å². The summed E-state index contributed by atoms with van der Waals surface area (Å²) in [6, 6.07) is 13.3. The topological polar surface area (TPSA) is 47.6 Å². The van der Waals surface area contributed by atoms with Crippen molar-refractivity contribution in [3.05, 3.63) is 57.9 Å². The number of methoxy groups -OCH3 is 1. The Morgan fingerprint density at radius 2 is 1.85 bits per heavy atom. The van der Waals surface area contributed by atoms with Gasteiger partial charge in [0.1, 0.15) is 16.4 Å². The highest BCUT2D eigenvalue weighted by Crippen LogP contribution is 2.37. The summed E-state index contributed by atoms with van der Waals surface area (Å²) in [4.78, 5) is 13.0. The van der Waals surface area contributed by atoms with Gasteiger partial charge in [-0.1, -0.05) is 23.7 Å². The Balaban J connectivity index is 1.70. The van der Waals surface area contributed by atoms with Crippen LogP contribution in [0, 0.1) is 0 Å². The number of hydrogen-bond acceptors (Lipinski definition) is 4. The molecule has 0 unspecified atom stereocenters. The number of carbonyl (C=O) groups is 1. The maximum atomic E-state index is 12.5. The zero-order valence-corrected chi connectivity index (χ0v) is 16.4. The van der Waals surface area contributed by atoms with E-state index in [-0.39, 0.29) is 12.0 Å². The van der Waals surface area contributed by atoms with Crippen LogP contribution in [0.25, 0.3) is 10.1 Å². The van der Waals surface area contributed by atoms with Gasteiger partial charge in [0.25, 0.3) is 5.91 Å². The zero-order chi connectivity index (χ0) is 18.7. The second-order valence-electron chi connectivity index (χ2n) is 6.10. The van der Waals surface area contributed by atoms with Gasteiger partial charge in [-0.3, -0.25) is 4.79 Å². The molecule has 0 aliphatic heterocycles. The standard InChI is InChI=1S/C20H20ClNO3S/c1-12(2)25-14-6-4-13(5-7-14)11-22-20(23)19-18(21)16-9-8-15(24-3)10-17(16)26-19/h4-10,12H,11H2,1-3H3,(H,22,23). The highest BCUT2D eigenvalue weighted by Gasteiger charge is 2.17. The van der Waals surface area contributed by atoms with Gasteiger partial charge in [0, 0.05) is 16.6 Å². The van der Waals surface area contributed by atoms with Gasteiger partial charge >= 0.3 is 0 Å². The minimum atomic E-state index is -0.183. The van der Waals surface area contributed by atoms with Gasteiger partial charge in [-0.25, -0.2) is 0 Å². The number of fused-ring (bicyclic) bond motifs is 1. The quantitative estimate of drug-likeness (QED) is 0.623. The van der Waals surface area contributed by atoms with Crippen LogP contribution < -0.4 is 14.8 Å². The van der Waals surface area contributed by atoms with Gasteiger partial charge < -0.3 is 14.8 Å². The lowest BCUT2D eigenvalue weighted by molar-refractivity contribution is 0.0955. The largest absolute Gasteiger partial charge is 0.497 e. The van der Waals surface area contributed by atoms with Crippen LogP contribution in [-0.4, -0.2) is 19.1 Å². The minimum absolute atomic E-state index is 0.134. The molecule has 2 aromatic carbocycles. The lowest BCUT2D eigenvalue weighted by Gasteiger charge is -2.10. The molecule has 0 radical (unpaired) electrons. The number of rotatable bonds is 6. The molecule has 0 saturated heterocycles. The van der Waals surface area contributed by atoms with Crippen LogP contribution >= 0.6 is 22.9 Å². The summed E-state index contributed by atoms with van der Waals surface area (Å²) in [5, 5.41) is 4.26. The van der Waals surface area contributed by atoms with E-state index >= 15 is 0 Å². The Kier molecular flexibility index (Phi) is 5.69. The van der Waals surface area contributed by atoms with E-state index in [0.717, 1.165) is 27.1 Å². The van der Waals surface area contributed by atoms with Crippen molar-refractivity contribution in [2.75, 3.05) is 7.11 Å². The molecule has 0 atom stereocenters. The van der Waals surface area contributed by atoms with Gasteiger partial charge in [-0.05, 0) is 49.7 Å². The second kappa shape index (κ2) is 7.98. The third-order valence-corrected chi connectivity index (χ3v) is 5.45. The third-order valence-electron chi connectivity index (χ3n) is 3.79. The first-order chi connectivity index (χ1) is 12.5. The zero-order valence-electron chi connectivity index (χ0n) is 14.8. The van der Waals surface area contributed by atoms with E-state index in [0.29, 0.717) is 16.4 Å². The molecule has 3 aromatic rings. The molecule has 1 aromatic heterocycles. The van der Waals surface area contributed by atoms with E-state index in [1.807, 2.05) is 56.3 Å². The lowest BCUT2D eigenvalue weighted by Crippen LogP contribution is -2.22. The molecule has 6 heteroatoms. The first kappa shape index (κ1) is 18.5. The lowest BCUT2D eigenvalue weighted by atomic mass is 10.2. The molecule has 1 N–H and O–H groups in total. The molecule has 0 spiro atoms. The van der Waals surface area contributed by atoms with Crippen LogP contribution in [0.15, 0.2) is 42.5 Å². The average molecular weight is 390 g/mol. The molecule has 1 amide bonds. The highest BCUT2D eigenvalue weighted by atomic mass is 35.5. The predicted molar refractivity (Wildman–Crippen MR) is 107 cm³/mol. The number of hydrogen-bond donors (Lipinski definition) is 1. The number of thiophene rings is 1. The van der Waals surface area contributed by atoms with Crippen molar-refractivity contribution in [2.45, 2.75) is 26.5 Å². The number of benzene rings is 2. The Labute approximate surface area is 161 Å². The van der Waals surface area contributed by atoms with E-state index < -0.39 is 0 Å². The number of nitrogens with one attached hydrogen (secondary N) is 1. The van der Waals surface area contributed by atoms with Gasteiger partial charge in [-0.15, -0.1) is 11.3 Å². The monoisotopic (exact) mass is 389 g/mol. The molecule has 4 nitrogen and oxygen atoms in total. The average Bonchev–Trinajstić information content (AvgIpc) is 2.96. The van der Waals surface area contributed by atoms with E-state index in [2.05, 4.69) is 5.32 Å². The third kappa shape index (κ3) is 4.11. The summed E-state index contributed by atoms with van der Waals surface area (Å²) >= 11 is 7.75. The fourth-order valence-corrected chi connectivity index (χ4v) is 4.00. The molecule has 0 bridgehead atoms. The van der Waals surface area contributed by atoms with Gasteiger partial charge in [-0.2, -0.15) is 0 Å². The van der Waals surface area contributed by atoms with Gasteiger partial charge in [0.15, 0.2) is 0 Å². The van der Waals surface area contributed by atoms with Crippen LogP contribution in [0.1, 0.15) is 29.1 Å². The molecular weight excluding hydrogens is 370 g/mol. The molecule has 0 saturated carbocycles. The fourth-order valence-electron chi connectivity index (χ4n) is 2.54. The summed E-state index contributed by atoms with van der Waals surface area (Å²) in [5.41, 5.74) is 0.994. The number of ether oxygens (including phenoxy) is 2. The van der Waals surface area contributed by atoms with E-state index in [4.69, 9.17) is 21.1 Å². The first-order valence-corrected chi connectivity index (χ1v) is 9.47. The summed E-state index contributed by atoms with van der Waals surface area (Å²) in [6.07, 6.45) is 0.134. The molecular formula is C20H20ClNO3S. The molecule has 0 aliphatic rings. The molecule has 0 aliphatic carbocycles. The maximum absolute atomic E-state index is 12.5. The normalized spacial score (nSPS) is 11.0. The summed E-state index contributed by atoms with van der Waals surface area (Å²) < 4.78 is 11.8. The van der Waals surface area contributed by atoms with Crippen LogP contribution in [-0.2, 0) is 6.54 Å². The van der Waals surface area contributed by atoms with Crippen LogP contribution in [0.3, 0.4) is 0 Å². The number of halogens is 1. The van der Waals surface area contributed by atoms with Crippen molar-refractivity contribution in [1.29, 1.82) is 0 Å². The van der Waals surface area contributed by atoms with Crippen molar-refractivity contribution in [3.63, 3.8) is 0 Å². The summed E-state index contributed by atoms with van der Waals surface area (Å²) in [6.45, 7) is 4.39. The predicted octanol–water partition coefficient (Wildman–Crippen LogP) is 5.28. The molecule has 0 fully saturated rings. The van der Waals surface area contributed by atoms with Crippen LogP contribution in [0.2, 0.25) is 5.02 Å². The summed E-state index contributed by atoms with van der Waals surface area (Å²) in [5.74, 6) is 1.38. The van der Waals surface area contributed by atoms with Crippen molar-refractivity contribution in [3.8, 4) is 11.5 Å². The summed E-state index contributed by atoms with van der Waals surface area (Å²) in [7, 11) is 1.61. The Bertz CT molecular complexity index is 919. The Morgan fingerprint density at radius 3 is 2.50 bits per heavy atom. The maximum Gasteiger partial charge on any atom is 0.263 e. The molecule has 3 rings (SSSR count). The highest BCUT2D eigenvalue weighted by molar-refractivity contribution is 7.21. The van der Waals surface area contributed by atoms with Crippen LogP contribution in [0.4, 0.5) is 0 Å². The minimum Gasteiger partial charge on any atom is -0.497 e. The van der Waals surface area contributed by atoms with E-state index in [1.165, 1.54) is 11.3 Å². The van der Waals surface area contributed by atoms with Crippen molar-refractivity contribution in [1.82, 2.24) is 5.32 Å². The fraction of sp³-hybridized carbons (Fsp3) is 0.250. The molecule has 26 heavy (non-hydrogen) atoms. The van der Waals surface area contributed by atoms with Crippen molar-refractivity contribution >= 4 is 38.9 Å². The Morgan fingerprint density at radius 1 is 1.15 bits per heavy atom. The van der Waals surface area contributed by atoms with Crippen molar-refractivity contribution in [2.24, 2.45) is 0 Å². The molecule has 1 heterocycles. The van der Waals surface area contributed by atoms with Crippen molar-refractivity contribution < 1.29 is 14.3 Å². The Hall–Kier alpha value is -2.24.